The van der Waals surface area contributed by atoms with E-state index in [2.05, 4.69) is 55.4 Å². The van der Waals surface area contributed by atoms with E-state index in [4.69, 9.17) is 4.74 Å². The maximum Gasteiger partial charge on any atom is 0.269 e. The molecule has 0 saturated carbocycles. The second-order valence-electron chi connectivity index (χ2n) is 8.62. The van der Waals surface area contributed by atoms with Crippen LogP contribution >= 0.6 is 0 Å². The van der Waals surface area contributed by atoms with E-state index < -0.39 is 0 Å². The van der Waals surface area contributed by atoms with Crippen molar-refractivity contribution >= 4 is 17.4 Å². The van der Waals surface area contributed by atoms with Crippen LogP contribution in [0.5, 0.6) is 5.75 Å². The van der Waals surface area contributed by atoms with Crippen LogP contribution in [-0.4, -0.2) is 29.6 Å². The number of hydrogen-bond acceptors (Lipinski definition) is 4. The molecule has 1 heterocycles. The molecular formula is C29H36N2O3. The van der Waals surface area contributed by atoms with Gasteiger partial charge in [0, 0.05) is 13.0 Å². The van der Waals surface area contributed by atoms with E-state index in [0.717, 1.165) is 31.2 Å². The summed E-state index contributed by atoms with van der Waals surface area (Å²) in [5.74, 6) is 0.499. The number of rotatable bonds is 10. The molecule has 34 heavy (non-hydrogen) atoms. The molecule has 3 rings (SSSR count). The van der Waals surface area contributed by atoms with Gasteiger partial charge in [-0.1, -0.05) is 57.2 Å². The molecule has 0 saturated heterocycles. The first-order valence-corrected chi connectivity index (χ1v) is 12.2. The molecule has 0 radical (unpaired) electrons. The zero-order valence-electron chi connectivity index (χ0n) is 20.7. The number of aromatic hydroxyl groups is 1. The van der Waals surface area contributed by atoms with Crippen molar-refractivity contribution in [2.45, 2.75) is 65.9 Å². The summed E-state index contributed by atoms with van der Waals surface area (Å²) in [7, 11) is 0. The molecule has 1 aliphatic rings. The Balaban J connectivity index is 1.68. The van der Waals surface area contributed by atoms with Crippen LogP contribution in [0.2, 0.25) is 0 Å². The highest BCUT2D eigenvalue weighted by Crippen LogP contribution is 2.24. The first-order chi connectivity index (χ1) is 16.4. The minimum absolute atomic E-state index is 0.190. The van der Waals surface area contributed by atoms with Crippen LogP contribution in [0.1, 0.15) is 62.3 Å². The van der Waals surface area contributed by atoms with Gasteiger partial charge in [-0.05, 0) is 78.6 Å². The standard InChI is InChI=1S/C29H36N2O3/c1-5-9-23(26-17-21(6-2)13-12-20(26)4)14-15-30-29(33)27-19-25(7-3)34-28(31-27)18-22-10-8-11-24(32)16-22/h8-13,16-17,19,25,32H,5-7,14-15,18H2,1-4H3,(H,30,33). The fourth-order valence-electron chi connectivity index (χ4n) is 4.06. The summed E-state index contributed by atoms with van der Waals surface area (Å²) in [6, 6.07) is 13.6. The first-order valence-electron chi connectivity index (χ1n) is 12.2. The van der Waals surface area contributed by atoms with Gasteiger partial charge in [0.25, 0.3) is 5.91 Å². The summed E-state index contributed by atoms with van der Waals surface area (Å²) in [6.07, 6.45) is 7.72. The number of phenols is 1. The van der Waals surface area contributed by atoms with Crippen molar-refractivity contribution < 1.29 is 14.6 Å². The molecule has 5 heteroatoms. The van der Waals surface area contributed by atoms with Crippen LogP contribution in [0.15, 0.2) is 65.3 Å². The van der Waals surface area contributed by atoms with Crippen molar-refractivity contribution in [3.63, 3.8) is 0 Å². The molecule has 1 unspecified atom stereocenters. The third kappa shape index (κ3) is 6.83. The van der Waals surface area contributed by atoms with Crippen LogP contribution in [0.4, 0.5) is 0 Å². The molecule has 0 aliphatic carbocycles. The van der Waals surface area contributed by atoms with Gasteiger partial charge in [0.1, 0.15) is 17.6 Å². The molecular weight excluding hydrogens is 424 g/mol. The molecule has 0 aromatic heterocycles. The maximum absolute atomic E-state index is 13.0. The second kappa shape index (κ2) is 12.2. The number of carbonyl (C=O) groups excluding carboxylic acids is 1. The van der Waals surface area contributed by atoms with Gasteiger partial charge in [0.05, 0.1) is 0 Å². The average molecular weight is 461 g/mol. The molecule has 2 N–H and O–H groups in total. The highest BCUT2D eigenvalue weighted by Gasteiger charge is 2.21. The number of hydrogen-bond donors (Lipinski definition) is 2. The fourth-order valence-corrected chi connectivity index (χ4v) is 4.06. The van der Waals surface area contributed by atoms with E-state index in [0.29, 0.717) is 24.6 Å². The monoisotopic (exact) mass is 460 g/mol. The molecule has 1 aliphatic heterocycles. The quantitative estimate of drug-likeness (QED) is 0.464. The average Bonchev–Trinajstić information content (AvgIpc) is 2.83. The van der Waals surface area contributed by atoms with E-state index in [9.17, 15) is 9.90 Å². The maximum atomic E-state index is 13.0. The minimum atomic E-state index is -0.194. The van der Waals surface area contributed by atoms with Gasteiger partial charge in [0.2, 0.25) is 0 Å². The third-order valence-electron chi connectivity index (χ3n) is 5.96. The predicted molar refractivity (Wildman–Crippen MR) is 139 cm³/mol. The van der Waals surface area contributed by atoms with Gasteiger partial charge >= 0.3 is 0 Å². The molecule has 1 amide bonds. The summed E-state index contributed by atoms with van der Waals surface area (Å²) in [6.45, 7) is 8.99. The van der Waals surface area contributed by atoms with Crippen molar-refractivity contribution in [1.82, 2.24) is 5.32 Å². The van der Waals surface area contributed by atoms with Gasteiger partial charge in [-0.3, -0.25) is 4.79 Å². The predicted octanol–water partition coefficient (Wildman–Crippen LogP) is 5.90. The fraction of sp³-hybridized carbons (Fsp3) is 0.379. The Morgan fingerprint density at radius 3 is 2.68 bits per heavy atom. The van der Waals surface area contributed by atoms with Gasteiger partial charge in [-0.2, -0.15) is 0 Å². The van der Waals surface area contributed by atoms with E-state index >= 15 is 0 Å². The lowest BCUT2D eigenvalue weighted by Gasteiger charge is -2.21. The number of ether oxygens (including phenoxy) is 1. The van der Waals surface area contributed by atoms with Gasteiger partial charge in [-0.15, -0.1) is 0 Å². The lowest BCUT2D eigenvalue weighted by atomic mass is 9.94. The van der Waals surface area contributed by atoms with E-state index in [1.54, 1.807) is 24.3 Å². The number of benzene rings is 2. The van der Waals surface area contributed by atoms with E-state index in [1.165, 1.54) is 22.3 Å². The summed E-state index contributed by atoms with van der Waals surface area (Å²) < 4.78 is 5.93. The highest BCUT2D eigenvalue weighted by atomic mass is 16.5. The molecule has 2 aromatic carbocycles. The van der Waals surface area contributed by atoms with Crippen molar-refractivity contribution in [1.29, 1.82) is 0 Å². The van der Waals surface area contributed by atoms with Crippen molar-refractivity contribution in [3.05, 3.63) is 82.6 Å². The van der Waals surface area contributed by atoms with Crippen molar-refractivity contribution in [3.8, 4) is 5.75 Å². The molecule has 0 spiro atoms. The van der Waals surface area contributed by atoms with Gasteiger partial charge in [0.15, 0.2) is 5.90 Å². The zero-order valence-corrected chi connectivity index (χ0v) is 20.7. The zero-order chi connectivity index (χ0) is 24.5. The largest absolute Gasteiger partial charge is 0.508 e. The number of nitrogens with zero attached hydrogens (tertiary/aromatic N) is 1. The van der Waals surface area contributed by atoms with Gasteiger partial charge < -0.3 is 15.2 Å². The van der Waals surface area contributed by atoms with Crippen LogP contribution in [0.25, 0.3) is 5.57 Å². The van der Waals surface area contributed by atoms with Crippen LogP contribution in [0.3, 0.4) is 0 Å². The Labute approximate surface area is 203 Å². The number of nitrogens with one attached hydrogen (secondary N) is 1. The number of phenolic OH excluding ortho intramolecular Hbond substituents is 1. The molecule has 5 nitrogen and oxygen atoms in total. The Hall–Kier alpha value is -3.34. The van der Waals surface area contributed by atoms with Crippen LogP contribution < -0.4 is 5.32 Å². The Morgan fingerprint density at radius 2 is 1.97 bits per heavy atom. The summed E-state index contributed by atoms with van der Waals surface area (Å²) in [5.41, 5.74) is 6.36. The SMILES string of the molecule is CCC=C(CCNC(=O)C1=CC(CC)OC(Cc2cccc(O)c2)=N1)c1cc(CC)ccc1C. The molecule has 0 fully saturated rings. The van der Waals surface area contributed by atoms with E-state index in [-0.39, 0.29) is 17.8 Å². The number of carbonyl (C=O) groups is 1. The van der Waals surface area contributed by atoms with Crippen molar-refractivity contribution in [2.24, 2.45) is 4.99 Å². The normalized spacial score (nSPS) is 15.9. The third-order valence-corrected chi connectivity index (χ3v) is 5.96. The highest BCUT2D eigenvalue weighted by molar-refractivity contribution is 5.97. The first kappa shape index (κ1) is 25.3. The lowest BCUT2D eigenvalue weighted by molar-refractivity contribution is -0.117. The number of amides is 1. The summed E-state index contributed by atoms with van der Waals surface area (Å²) in [5, 5.41) is 12.8. The van der Waals surface area contributed by atoms with Crippen LogP contribution in [-0.2, 0) is 22.4 Å². The topological polar surface area (TPSA) is 70.9 Å². The molecule has 1 atom stereocenters. The summed E-state index contributed by atoms with van der Waals surface area (Å²) in [4.78, 5) is 17.4. The number of aliphatic imine (C=N–C) groups is 1. The van der Waals surface area contributed by atoms with E-state index in [1.807, 2.05) is 13.0 Å². The van der Waals surface area contributed by atoms with Crippen molar-refractivity contribution in [2.75, 3.05) is 6.54 Å². The lowest BCUT2D eigenvalue weighted by Crippen LogP contribution is -2.30. The molecule has 180 valence electrons. The molecule has 2 aromatic rings. The Bertz CT molecular complexity index is 1100. The Kier molecular flexibility index (Phi) is 9.08. The number of aryl methyl sites for hydroxylation is 2. The second-order valence-corrected chi connectivity index (χ2v) is 8.62. The number of allylic oxidation sites excluding steroid dienone is 1. The Morgan fingerprint density at radius 1 is 1.15 bits per heavy atom. The van der Waals surface area contributed by atoms with Gasteiger partial charge in [-0.25, -0.2) is 4.99 Å². The minimum Gasteiger partial charge on any atom is -0.508 e. The summed E-state index contributed by atoms with van der Waals surface area (Å²) >= 11 is 0. The van der Waals surface area contributed by atoms with Crippen LogP contribution in [0, 0.1) is 6.92 Å². The molecule has 0 bridgehead atoms. The smallest absolute Gasteiger partial charge is 0.269 e.